The van der Waals surface area contributed by atoms with Crippen LogP contribution in [0.15, 0.2) is 229 Å². The molecule has 2 unspecified atom stereocenters. The monoisotopic (exact) mass is 755 g/mol. The van der Waals surface area contributed by atoms with E-state index < -0.39 is 10.8 Å². The fourth-order valence-corrected chi connectivity index (χ4v) is 10.5. The third kappa shape index (κ3) is 4.87. The molecule has 0 spiro atoms. The molecule has 2 atom stereocenters. The number of nitrogens with one attached hydrogen (secondary N) is 1. The Morgan fingerprint density at radius 2 is 1.17 bits per heavy atom. The van der Waals surface area contributed by atoms with Crippen molar-refractivity contribution in [2.45, 2.75) is 17.8 Å². The highest BCUT2D eigenvalue weighted by molar-refractivity contribution is 6.09. The van der Waals surface area contributed by atoms with Crippen molar-refractivity contribution < 1.29 is 4.42 Å². The zero-order chi connectivity index (χ0) is 39.6. The van der Waals surface area contributed by atoms with Crippen LogP contribution in [0.2, 0.25) is 0 Å². The van der Waals surface area contributed by atoms with Gasteiger partial charge in [-0.1, -0.05) is 195 Å². The van der Waals surface area contributed by atoms with Crippen LogP contribution in [0.3, 0.4) is 0 Å². The van der Waals surface area contributed by atoms with E-state index in [1.165, 1.54) is 55.6 Å². The number of furan rings is 1. The normalized spacial score (nSPS) is 17.8. The largest absolute Gasteiger partial charge is 0.455 e. The first-order chi connectivity index (χ1) is 29.2. The number of anilines is 2. The van der Waals surface area contributed by atoms with Gasteiger partial charge < -0.3 is 9.73 Å². The lowest BCUT2D eigenvalue weighted by molar-refractivity contribution is 0.626. The second-order valence-corrected chi connectivity index (χ2v) is 15.6. The lowest BCUT2D eigenvalue weighted by Crippen LogP contribution is -2.44. The molecule has 2 aliphatic carbocycles. The van der Waals surface area contributed by atoms with Crippen molar-refractivity contribution >= 4 is 33.3 Å². The minimum atomic E-state index is -0.697. The van der Waals surface area contributed by atoms with Crippen LogP contribution >= 0.6 is 0 Å². The summed E-state index contributed by atoms with van der Waals surface area (Å²) in [6, 6.07) is 68.6. The maximum absolute atomic E-state index is 6.42. The molecule has 0 fully saturated rings. The summed E-state index contributed by atoms with van der Waals surface area (Å²) in [5, 5.41) is 6.20. The van der Waals surface area contributed by atoms with Crippen LogP contribution in [-0.4, -0.2) is 0 Å². The molecule has 280 valence electrons. The maximum atomic E-state index is 6.42. The summed E-state index contributed by atoms with van der Waals surface area (Å²) < 4.78 is 6.42. The first kappa shape index (κ1) is 34.8. The molecule has 2 nitrogen and oxygen atoms in total. The summed E-state index contributed by atoms with van der Waals surface area (Å²) in [4.78, 5) is 0. The number of fused-ring (bicyclic) bond motifs is 8. The van der Waals surface area contributed by atoms with Gasteiger partial charge >= 0.3 is 0 Å². The molecule has 2 heteroatoms. The van der Waals surface area contributed by atoms with Gasteiger partial charge in [-0.05, 0) is 92.4 Å². The van der Waals surface area contributed by atoms with Gasteiger partial charge in [0.05, 0.1) is 10.8 Å². The Balaban J connectivity index is 1.14. The summed E-state index contributed by atoms with van der Waals surface area (Å²) >= 11 is 0. The molecule has 1 heterocycles. The Bertz CT molecular complexity index is 3160. The SMILES string of the molecule is C=C/C=C\C(=C/C)C1(c2ccccc2Nc2ccc(-c3cccc4c3oc3ccccc34)cc2)c2ccccc2C2(c3ccccc3)c3ccccc3-c3cccc1c32. The molecule has 0 saturated carbocycles. The van der Waals surface area contributed by atoms with Gasteiger partial charge in [-0.15, -0.1) is 0 Å². The highest BCUT2D eigenvalue weighted by atomic mass is 16.3. The molecule has 1 N–H and O–H groups in total. The number of para-hydroxylation sites is 3. The van der Waals surface area contributed by atoms with Crippen LogP contribution in [-0.2, 0) is 10.8 Å². The molecule has 0 aliphatic heterocycles. The van der Waals surface area contributed by atoms with Crippen molar-refractivity contribution in [2.75, 3.05) is 5.32 Å². The van der Waals surface area contributed by atoms with Gasteiger partial charge in [-0.3, -0.25) is 0 Å². The van der Waals surface area contributed by atoms with E-state index in [1.807, 2.05) is 18.2 Å². The molecule has 1 aromatic heterocycles. The van der Waals surface area contributed by atoms with Gasteiger partial charge in [0.15, 0.2) is 0 Å². The van der Waals surface area contributed by atoms with E-state index in [2.05, 4.69) is 213 Å². The highest BCUT2D eigenvalue weighted by Gasteiger charge is 2.58. The van der Waals surface area contributed by atoms with Crippen molar-refractivity contribution in [1.29, 1.82) is 0 Å². The van der Waals surface area contributed by atoms with Gasteiger partial charge in [-0.2, -0.15) is 0 Å². The molecule has 11 rings (SSSR count). The van der Waals surface area contributed by atoms with Crippen LogP contribution in [0.5, 0.6) is 0 Å². The lowest BCUT2D eigenvalue weighted by Gasteiger charge is -2.50. The summed E-state index contributed by atoms with van der Waals surface area (Å²) in [5.74, 6) is 0. The van der Waals surface area contributed by atoms with E-state index >= 15 is 0 Å². The highest BCUT2D eigenvalue weighted by Crippen LogP contribution is 2.66. The van der Waals surface area contributed by atoms with Crippen molar-refractivity contribution in [1.82, 2.24) is 0 Å². The zero-order valence-corrected chi connectivity index (χ0v) is 32.8. The molecule has 9 aromatic rings. The summed E-state index contributed by atoms with van der Waals surface area (Å²) in [6.07, 6.45) is 8.50. The Hall–Kier alpha value is -7.42. The third-order valence-corrected chi connectivity index (χ3v) is 12.8. The number of hydrogen-bond acceptors (Lipinski definition) is 2. The Morgan fingerprint density at radius 1 is 0.542 bits per heavy atom. The summed E-state index contributed by atoms with van der Waals surface area (Å²) in [6.45, 7) is 6.28. The number of hydrogen-bond donors (Lipinski definition) is 1. The molecular formula is C57H41NO. The van der Waals surface area contributed by atoms with Crippen molar-refractivity contribution in [3.63, 3.8) is 0 Å². The summed E-state index contributed by atoms with van der Waals surface area (Å²) in [7, 11) is 0. The molecule has 0 saturated heterocycles. The minimum Gasteiger partial charge on any atom is -0.455 e. The molecule has 59 heavy (non-hydrogen) atoms. The standard InChI is InChI=1S/C57H41NO/c1-3-5-19-39(4-2)56(48-28-12-13-29-49(48)57(40-20-7-6-8-21-40)47-27-11-9-22-43(47)45-25-18-31-51(56)54(45)57)50-30-14-15-32-52(50)58-41-36-34-38(35-37-41)42-24-17-26-46-44-23-10-16-33-53(44)59-55(42)46/h3-37,58H,1H2,2H3/b19-5-,39-4+. The number of rotatable bonds is 8. The van der Waals surface area contributed by atoms with Crippen LogP contribution in [0.4, 0.5) is 11.4 Å². The molecule has 0 amide bonds. The van der Waals surface area contributed by atoms with Crippen molar-refractivity contribution in [3.8, 4) is 22.3 Å². The topological polar surface area (TPSA) is 25.2 Å². The van der Waals surface area contributed by atoms with Crippen LogP contribution in [0, 0.1) is 0 Å². The van der Waals surface area contributed by atoms with Crippen molar-refractivity contribution in [2.24, 2.45) is 0 Å². The Labute approximate surface area is 345 Å². The fourth-order valence-electron chi connectivity index (χ4n) is 10.5. The van der Waals surface area contributed by atoms with Gasteiger partial charge in [0.25, 0.3) is 0 Å². The van der Waals surface area contributed by atoms with Crippen LogP contribution < -0.4 is 5.32 Å². The average Bonchev–Trinajstić information content (AvgIpc) is 3.83. The quantitative estimate of drug-likeness (QED) is 0.156. The maximum Gasteiger partial charge on any atom is 0.143 e. The van der Waals surface area contributed by atoms with E-state index in [9.17, 15) is 0 Å². The number of allylic oxidation sites excluding steroid dienone is 5. The number of benzene rings is 8. The Morgan fingerprint density at radius 3 is 1.98 bits per heavy atom. The molecule has 0 radical (unpaired) electrons. The lowest BCUT2D eigenvalue weighted by atomic mass is 9.51. The van der Waals surface area contributed by atoms with E-state index in [0.29, 0.717) is 0 Å². The second-order valence-electron chi connectivity index (χ2n) is 15.6. The predicted octanol–water partition coefficient (Wildman–Crippen LogP) is 14.7. The zero-order valence-electron chi connectivity index (χ0n) is 32.8. The second kappa shape index (κ2) is 13.6. The molecule has 8 aromatic carbocycles. The molecule has 2 aliphatic rings. The average molecular weight is 756 g/mol. The van der Waals surface area contributed by atoms with E-state index in [0.717, 1.165) is 44.4 Å². The minimum absolute atomic E-state index is 0.508. The van der Waals surface area contributed by atoms with E-state index in [4.69, 9.17) is 4.42 Å². The predicted molar refractivity (Wildman–Crippen MR) is 246 cm³/mol. The Kier molecular flexibility index (Phi) is 8.03. The van der Waals surface area contributed by atoms with E-state index in [-0.39, 0.29) is 0 Å². The molecular weight excluding hydrogens is 715 g/mol. The van der Waals surface area contributed by atoms with Gasteiger partial charge in [0, 0.05) is 27.7 Å². The fraction of sp³-hybridized carbons (Fsp3) is 0.0526. The van der Waals surface area contributed by atoms with Gasteiger partial charge in [-0.25, -0.2) is 0 Å². The van der Waals surface area contributed by atoms with E-state index in [1.54, 1.807) is 0 Å². The summed E-state index contributed by atoms with van der Waals surface area (Å²) in [5.41, 5.74) is 17.5. The molecule has 0 bridgehead atoms. The van der Waals surface area contributed by atoms with Crippen LogP contribution in [0.25, 0.3) is 44.2 Å². The van der Waals surface area contributed by atoms with Crippen molar-refractivity contribution in [3.05, 3.63) is 263 Å². The first-order valence-corrected chi connectivity index (χ1v) is 20.4. The van der Waals surface area contributed by atoms with Gasteiger partial charge in [0.1, 0.15) is 11.2 Å². The van der Waals surface area contributed by atoms with Gasteiger partial charge in [0.2, 0.25) is 0 Å². The first-order valence-electron chi connectivity index (χ1n) is 20.4. The van der Waals surface area contributed by atoms with Crippen LogP contribution in [0.1, 0.15) is 45.9 Å². The smallest absolute Gasteiger partial charge is 0.143 e. The third-order valence-electron chi connectivity index (χ3n) is 12.8.